The van der Waals surface area contributed by atoms with Gasteiger partial charge in [0.15, 0.2) is 11.6 Å². The molecule has 0 radical (unpaired) electrons. The first-order valence-electron chi connectivity index (χ1n) is 6.76. The zero-order valence-corrected chi connectivity index (χ0v) is 11.1. The number of carboxylic acids is 1. The van der Waals surface area contributed by atoms with Gasteiger partial charge in [-0.15, -0.1) is 0 Å². The van der Waals surface area contributed by atoms with E-state index in [1.807, 2.05) is 4.90 Å². The van der Waals surface area contributed by atoms with Gasteiger partial charge in [0.1, 0.15) is 5.56 Å². The number of nitrogens with zero attached hydrogens (tertiary/aromatic N) is 2. The van der Waals surface area contributed by atoms with Crippen molar-refractivity contribution in [3.8, 4) is 0 Å². The van der Waals surface area contributed by atoms with Gasteiger partial charge in [-0.3, -0.25) is 0 Å². The molecule has 5 heteroatoms. The number of hydrogen-bond donors (Lipinski definition) is 1. The first-order chi connectivity index (χ1) is 9.13. The van der Waals surface area contributed by atoms with Gasteiger partial charge in [-0.2, -0.15) is 0 Å². The second-order valence-electron chi connectivity index (χ2n) is 5.02. The van der Waals surface area contributed by atoms with Crippen LogP contribution in [0.4, 0.5) is 10.2 Å². The third-order valence-electron chi connectivity index (χ3n) is 3.71. The van der Waals surface area contributed by atoms with E-state index in [1.165, 1.54) is 25.1 Å². The molecule has 1 aliphatic rings. The zero-order chi connectivity index (χ0) is 13.8. The molecule has 1 aromatic heterocycles. The number of rotatable bonds is 4. The molecule has 0 amide bonds. The molecule has 104 valence electrons. The molecule has 1 N–H and O–H groups in total. The predicted octanol–water partition coefficient (Wildman–Crippen LogP) is 2.94. The lowest BCUT2D eigenvalue weighted by Gasteiger charge is -2.33. The number of aromatic carboxylic acids is 1. The Kier molecular flexibility index (Phi) is 4.35. The SMILES string of the molecule is CCCC1CCN(c2nccc(C(=O)O)c2F)CC1. The maximum atomic E-state index is 14.1. The fourth-order valence-corrected chi connectivity index (χ4v) is 2.66. The van der Waals surface area contributed by atoms with Crippen LogP contribution in [0, 0.1) is 11.7 Å². The topological polar surface area (TPSA) is 53.4 Å². The number of carbonyl (C=O) groups is 1. The first-order valence-corrected chi connectivity index (χ1v) is 6.76. The lowest BCUT2D eigenvalue weighted by Crippen LogP contribution is -2.35. The Balaban J connectivity index is 2.11. The van der Waals surface area contributed by atoms with Crippen molar-refractivity contribution in [1.29, 1.82) is 0 Å². The Hall–Kier alpha value is -1.65. The smallest absolute Gasteiger partial charge is 0.338 e. The normalized spacial score (nSPS) is 16.6. The Bertz CT molecular complexity index is 457. The molecule has 0 bridgehead atoms. The molecule has 0 aromatic carbocycles. The first kappa shape index (κ1) is 13.8. The molecule has 0 atom stereocenters. The monoisotopic (exact) mass is 266 g/mol. The molecule has 2 rings (SSSR count). The van der Waals surface area contributed by atoms with Crippen LogP contribution in [0.25, 0.3) is 0 Å². The highest BCUT2D eigenvalue weighted by Crippen LogP contribution is 2.27. The molecule has 2 heterocycles. The highest BCUT2D eigenvalue weighted by molar-refractivity contribution is 5.88. The third kappa shape index (κ3) is 3.03. The van der Waals surface area contributed by atoms with Gasteiger partial charge in [-0.1, -0.05) is 19.8 Å². The molecule has 0 aliphatic carbocycles. The van der Waals surface area contributed by atoms with Crippen molar-refractivity contribution in [2.45, 2.75) is 32.6 Å². The predicted molar refractivity (Wildman–Crippen MR) is 71.0 cm³/mol. The van der Waals surface area contributed by atoms with E-state index in [4.69, 9.17) is 5.11 Å². The Morgan fingerprint density at radius 3 is 2.79 bits per heavy atom. The molecule has 19 heavy (non-hydrogen) atoms. The number of halogens is 1. The van der Waals surface area contributed by atoms with E-state index in [-0.39, 0.29) is 11.4 Å². The van der Waals surface area contributed by atoms with Gasteiger partial charge in [0.2, 0.25) is 0 Å². The standard InChI is InChI=1S/C14H19FN2O2/c1-2-3-10-5-8-17(9-6-10)13-12(15)11(14(18)19)4-7-16-13/h4,7,10H,2-3,5-6,8-9H2,1H3,(H,18,19). The van der Waals surface area contributed by atoms with Crippen molar-refractivity contribution in [2.24, 2.45) is 5.92 Å². The minimum Gasteiger partial charge on any atom is -0.478 e. The summed E-state index contributed by atoms with van der Waals surface area (Å²) >= 11 is 0. The van der Waals surface area contributed by atoms with Gasteiger partial charge in [-0.05, 0) is 24.8 Å². The molecule has 1 saturated heterocycles. The number of pyridine rings is 1. The molecule has 1 aliphatic heterocycles. The molecule has 4 nitrogen and oxygen atoms in total. The minimum atomic E-state index is -1.25. The molecular formula is C14H19FN2O2. The number of anilines is 1. The Morgan fingerprint density at radius 2 is 2.21 bits per heavy atom. The van der Waals surface area contributed by atoms with E-state index in [1.54, 1.807) is 0 Å². The summed E-state index contributed by atoms with van der Waals surface area (Å²) in [5.74, 6) is -1.09. The zero-order valence-electron chi connectivity index (χ0n) is 11.1. The molecule has 1 aromatic rings. The molecule has 1 fully saturated rings. The fraction of sp³-hybridized carbons (Fsp3) is 0.571. The van der Waals surface area contributed by atoms with Gasteiger partial charge in [0, 0.05) is 19.3 Å². The van der Waals surface area contributed by atoms with Crippen LogP contribution >= 0.6 is 0 Å². The summed E-state index contributed by atoms with van der Waals surface area (Å²) in [5.41, 5.74) is -0.305. The fourth-order valence-electron chi connectivity index (χ4n) is 2.66. The van der Waals surface area contributed by atoms with E-state index in [2.05, 4.69) is 11.9 Å². The van der Waals surface area contributed by atoms with Gasteiger partial charge in [0.25, 0.3) is 0 Å². The summed E-state index contributed by atoms with van der Waals surface area (Å²) in [5, 5.41) is 8.91. The second-order valence-corrected chi connectivity index (χ2v) is 5.02. The summed E-state index contributed by atoms with van der Waals surface area (Å²) in [6, 6.07) is 1.20. The van der Waals surface area contributed by atoms with Crippen LogP contribution in [0.2, 0.25) is 0 Å². The van der Waals surface area contributed by atoms with Crippen LogP contribution in [-0.2, 0) is 0 Å². The van der Waals surface area contributed by atoms with Crippen LogP contribution in [0.3, 0.4) is 0 Å². The number of carboxylic acid groups (broad SMARTS) is 1. The van der Waals surface area contributed by atoms with E-state index < -0.39 is 11.8 Å². The molecule has 0 spiro atoms. The highest BCUT2D eigenvalue weighted by Gasteiger charge is 2.24. The molecular weight excluding hydrogens is 247 g/mol. The van der Waals surface area contributed by atoms with Crippen LogP contribution in [0.1, 0.15) is 43.0 Å². The summed E-state index contributed by atoms with van der Waals surface area (Å²) in [6.07, 6.45) is 5.78. The van der Waals surface area contributed by atoms with Gasteiger partial charge in [0.05, 0.1) is 0 Å². The van der Waals surface area contributed by atoms with Crippen LogP contribution < -0.4 is 4.90 Å². The number of aromatic nitrogens is 1. The summed E-state index contributed by atoms with van der Waals surface area (Å²) in [6.45, 7) is 3.67. The van der Waals surface area contributed by atoms with Gasteiger partial charge in [-0.25, -0.2) is 14.2 Å². The highest BCUT2D eigenvalue weighted by atomic mass is 19.1. The van der Waals surface area contributed by atoms with Crippen molar-refractivity contribution in [3.05, 3.63) is 23.6 Å². The lowest BCUT2D eigenvalue weighted by molar-refractivity contribution is 0.0691. The van der Waals surface area contributed by atoms with Crippen molar-refractivity contribution in [3.63, 3.8) is 0 Å². The van der Waals surface area contributed by atoms with Crippen molar-refractivity contribution in [2.75, 3.05) is 18.0 Å². The summed E-state index contributed by atoms with van der Waals surface area (Å²) in [7, 11) is 0. The lowest BCUT2D eigenvalue weighted by atomic mass is 9.92. The molecule has 0 unspecified atom stereocenters. The maximum Gasteiger partial charge on any atom is 0.338 e. The Labute approximate surface area is 112 Å². The maximum absolute atomic E-state index is 14.1. The van der Waals surface area contributed by atoms with Crippen molar-refractivity contribution < 1.29 is 14.3 Å². The van der Waals surface area contributed by atoms with Gasteiger partial charge >= 0.3 is 5.97 Å². The van der Waals surface area contributed by atoms with Crippen molar-refractivity contribution >= 4 is 11.8 Å². The van der Waals surface area contributed by atoms with Crippen molar-refractivity contribution in [1.82, 2.24) is 4.98 Å². The minimum absolute atomic E-state index is 0.176. The van der Waals surface area contributed by atoms with E-state index in [0.717, 1.165) is 25.9 Å². The Morgan fingerprint density at radius 1 is 1.53 bits per heavy atom. The summed E-state index contributed by atoms with van der Waals surface area (Å²) in [4.78, 5) is 16.8. The largest absolute Gasteiger partial charge is 0.478 e. The van der Waals surface area contributed by atoms with Crippen LogP contribution in [-0.4, -0.2) is 29.1 Å². The van der Waals surface area contributed by atoms with Gasteiger partial charge < -0.3 is 10.0 Å². The average molecular weight is 266 g/mol. The molecule has 0 saturated carbocycles. The quantitative estimate of drug-likeness (QED) is 0.910. The van der Waals surface area contributed by atoms with Crippen LogP contribution in [0.5, 0.6) is 0 Å². The second kappa shape index (κ2) is 5.99. The number of hydrogen-bond acceptors (Lipinski definition) is 3. The van der Waals surface area contributed by atoms with Crippen LogP contribution in [0.15, 0.2) is 12.3 Å². The average Bonchev–Trinajstić information content (AvgIpc) is 2.40. The third-order valence-corrected chi connectivity index (χ3v) is 3.71. The van der Waals surface area contributed by atoms with E-state index in [9.17, 15) is 9.18 Å². The number of piperidine rings is 1. The van der Waals surface area contributed by atoms with E-state index >= 15 is 0 Å². The van der Waals surface area contributed by atoms with E-state index in [0.29, 0.717) is 5.92 Å². The summed E-state index contributed by atoms with van der Waals surface area (Å²) < 4.78 is 14.1.